The van der Waals surface area contributed by atoms with Crippen molar-refractivity contribution in [3.63, 3.8) is 0 Å². The number of rotatable bonds is 5. The smallest absolute Gasteiger partial charge is 0.224 e. The van der Waals surface area contributed by atoms with Crippen molar-refractivity contribution in [3.05, 3.63) is 53.7 Å². The molecule has 3 rings (SSSR count). The van der Waals surface area contributed by atoms with E-state index < -0.39 is 0 Å². The zero-order valence-electron chi connectivity index (χ0n) is 14.4. The van der Waals surface area contributed by atoms with Gasteiger partial charge in [0.25, 0.3) is 0 Å². The Morgan fingerprint density at radius 3 is 2.71 bits per heavy atom. The highest BCUT2D eigenvalue weighted by atomic mass is 16.3. The molecule has 1 amide bonds. The molecule has 24 heavy (non-hydrogen) atoms. The number of hydrogen-bond donors (Lipinski definition) is 0. The van der Waals surface area contributed by atoms with Crippen LogP contribution in [0.3, 0.4) is 0 Å². The van der Waals surface area contributed by atoms with Gasteiger partial charge in [0.1, 0.15) is 6.26 Å². The Kier molecular flexibility index (Phi) is 5.30. The molecule has 5 heteroatoms. The molecule has 0 saturated carbocycles. The maximum absolute atomic E-state index is 12.7. The quantitative estimate of drug-likeness (QED) is 0.847. The third-order valence-electron chi connectivity index (χ3n) is 4.59. The van der Waals surface area contributed by atoms with Gasteiger partial charge in [0.05, 0.1) is 5.69 Å². The third-order valence-corrected chi connectivity index (χ3v) is 4.59. The number of carbonyl (C=O) groups is 1. The molecule has 5 nitrogen and oxygen atoms in total. The van der Waals surface area contributed by atoms with Crippen LogP contribution in [-0.2, 0) is 17.9 Å². The van der Waals surface area contributed by atoms with Crippen LogP contribution in [-0.4, -0.2) is 39.8 Å². The highest BCUT2D eigenvalue weighted by molar-refractivity contribution is 5.77. The minimum absolute atomic E-state index is 0.230. The Bertz CT molecular complexity index is 668. The van der Waals surface area contributed by atoms with Crippen LogP contribution in [0.1, 0.15) is 36.9 Å². The normalized spacial score (nSPS) is 19.5. The van der Waals surface area contributed by atoms with Gasteiger partial charge in [-0.2, -0.15) is 0 Å². The van der Waals surface area contributed by atoms with Crippen molar-refractivity contribution >= 4 is 5.91 Å². The Morgan fingerprint density at radius 2 is 2.04 bits per heavy atom. The van der Waals surface area contributed by atoms with Crippen LogP contribution in [0.15, 0.2) is 41.0 Å². The van der Waals surface area contributed by atoms with E-state index in [9.17, 15) is 4.79 Å². The molecule has 1 aliphatic heterocycles. The van der Waals surface area contributed by atoms with Crippen LogP contribution in [0.2, 0.25) is 0 Å². The molecule has 0 unspecified atom stereocenters. The monoisotopic (exact) mass is 327 g/mol. The summed E-state index contributed by atoms with van der Waals surface area (Å²) in [6.07, 6.45) is 3.22. The molecule has 2 aromatic rings. The van der Waals surface area contributed by atoms with E-state index in [1.54, 1.807) is 6.26 Å². The Labute approximate surface area is 143 Å². The molecule has 0 radical (unpaired) electrons. The van der Waals surface area contributed by atoms with E-state index in [0.29, 0.717) is 18.9 Å². The summed E-state index contributed by atoms with van der Waals surface area (Å²) in [5.74, 6) is 0.929. The lowest BCUT2D eigenvalue weighted by Gasteiger charge is -2.31. The van der Waals surface area contributed by atoms with Crippen LogP contribution in [0, 0.1) is 6.92 Å². The fourth-order valence-corrected chi connectivity index (χ4v) is 3.29. The lowest BCUT2D eigenvalue weighted by molar-refractivity contribution is -0.133. The number of aryl methyl sites for hydroxylation is 1. The summed E-state index contributed by atoms with van der Waals surface area (Å²) < 4.78 is 5.30. The molecule has 1 aliphatic rings. The molecular weight excluding hydrogens is 302 g/mol. The van der Waals surface area contributed by atoms with Crippen LogP contribution in [0.4, 0.5) is 0 Å². The lowest BCUT2D eigenvalue weighted by atomic mass is 10.1. The maximum atomic E-state index is 12.7. The number of carbonyl (C=O) groups excluding carboxylic acids is 1. The van der Waals surface area contributed by atoms with Gasteiger partial charge in [-0.05, 0) is 12.0 Å². The first-order valence-corrected chi connectivity index (χ1v) is 8.62. The average Bonchev–Trinajstić information content (AvgIpc) is 2.94. The molecule has 1 aromatic carbocycles. The largest absolute Gasteiger partial charge is 0.449 e. The standard InChI is InChI=1S/C19H25N3O2/c1-3-18-13-21(12-17-14-24-15(2)20-17)10-9-19(23)22(18)11-16-7-5-4-6-8-16/h4-8,14,18H,3,9-13H2,1-2H3/t18-/m0/s1. The van der Waals surface area contributed by atoms with E-state index in [-0.39, 0.29) is 11.9 Å². The van der Waals surface area contributed by atoms with E-state index in [1.807, 2.05) is 30.0 Å². The number of oxazole rings is 1. The second kappa shape index (κ2) is 7.62. The van der Waals surface area contributed by atoms with Crippen LogP contribution in [0.25, 0.3) is 0 Å². The van der Waals surface area contributed by atoms with E-state index in [1.165, 1.54) is 5.56 Å². The first-order valence-electron chi connectivity index (χ1n) is 8.62. The molecule has 1 saturated heterocycles. The predicted octanol–water partition coefficient (Wildman–Crippen LogP) is 3.00. The molecule has 0 N–H and O–H groups in total. The van der Waals surface area contributed by atoms with Crippen molar-refractivity contribution in [1.82, 2.24) is 14.8 Å². The fraction of sp³-hybridized carbons (Fsp3) is 0.474. The fourth-order valence-electron chi connectivity index (χ4n) is 3.29. The number of nitrogens with zero attached hydrogens (tertiary/aromatic N) is 3. The second-order valence-electron chi connectivity index (χ2n) is 6.41. The van der Waals surface area contributed by atoms with Gasteiger partial charge < -0.3 is 9.32 Å². The highest BCUT2D eigenvalue weighted by Crippen LogP contribution is 2.19. The zero-order chi connectivity index (χ0) is 16.9. The van der Waals surface area contributed by atoms with Crippen molar-refractivity contribution in [1.29, 1.82) is 0 Å². The van der Waals surface area contributed by atoms with Gasteiger partial charge in [0.2, 0.25) is 5.91 Å². The van der Waals surface area contributed by atoms with Gasteiger partial charge in [0.15, 0.2) is 5.89 Å². The zero-order valence-corrected chi connectivity index (χ0v) is 14.4. The molecular formula is C19H25N3O2. The van der Waals surface area contributed by atoms with Crippen LogP contribution in [0.5, 0.6) is 0 Å². The predicted molar refractivity (Wildman–Crippen MR) is 92.2 cm³/mol. The molecule has 1 aromatic heterocycles. The summed E-state index contributed by atoms with van der Waals surface area (Å²) >= 11 is 0. The lowest BCUT2D eigenvalue weighted by Crippen LogP contribution is -2.42. The Hall–Kier alpha value is -2.14. The average molecular weight is 327 g/mol. The molecule has 0 aliphatic carbocycles. The van der Waals surface area contributed by atoms with Gasteiger partial charge in [-0.25, -0.2) is 4.98 Å². The molecule has 2 heterocycles. The maximum Gasteiger partial charge on any atom is 0.224 e. The minimum Gasteiger partial charge on any atom is -0.449 e. The van der Waals surface area contributed by atoms with Crippen LogP contribution >= 0.6 is 0 Å². The number of aromatic nitrogens is 1. The van der Waals surface area contributed by atoms with Crippen molar-refractivity contribution < 1.29 is 9.21 Å². The summed E-state index contributed by atoms with van der Waals surface area (Å²) in [5, 5.41) is 0. The van der Waals surface area contributed by atoms with Crippen molar-refractivity contribution in [3.8, 4) is 0 Å². The molecule has 128 valence electrons. The minimum atomic E-state index is 0.230. The van der Waals surface area contributed by atoms with Crippen molar-refractivity contribution in [2.45, 2.75) is 45.8 Å². The van der Waals surface area contributed by atoms with E-state index in [4.69, 9.17) is 4.42 Å². The van der Waals surface area contributed by atoms with E-state index in [0.717, 1.165) is 31.7 Å². The number of benzene rings is 1. The summed E-state index contributed by atoms with van der Waals surface area (Å²) in [6, 6.07) is 10.5. The Balaban J connectivity index is 1.71. The molecule has 1 fully saturated rings. The molecule has 1 atom stereocenters. The Morgan fingerprint density at radius 1 is 1.25 bits per heavy atom. The highest BCUT2D eigenvalue weighted by Gasteiger charge is 2.28. The van der Waals surface area contributed by atoms with Gasteiger partial charge in [-0.15, -0.1) is 0 Å². The second-order valence-corrected chi connectivity index (χ2v) is 6.41. The number of hydrogen-bond acceptors (Lipinski definition) is 4. The van der Waals surface area contributed by atoms with Crippen molar-refractivity contribution in [2.24, 2.45) is 0 Å². The summed E-state index contributed by atoms with van der Waals surface area (Å²) in [7, 11) is 0. The van der Waals surface area contributed by atoms with Gasteiger partial charge in [-0.3, -0.25) is 9.69 Å². The van der Waals surface area contributed by atoms with Crippen LogP contribution < -0.4 is 0 Å². The first kappa shape index (κ1) is 16.7. The van der Waals surface area contributed by atoms with Gasteiger partial charge in [-0.1, -0.05) is 37.3 Å². The molecule has 0 spiro atoms. The van der Waals surface area contributed by atoms with Gasteiger partial charge >= 0.3 is 0 Å². The van der Waals surface area contributed by atoms with Gasteiger partial charge in [0, 0.05) is 45.6 Å². The summed E-state index contributed by atoms with van der Waals surface area (Å²) in [4.78, 5) is 21.4. The molecule has 0 bridgehead atoms. The summed E-state index contributed by atoms with van der Waals surface area (Å²) in [6.45, 7) is 7.08. The van der Waals surface area contributed by atoms with Crippen molar-refractivity contribution in [2.75, 3.05) is 13.1 Å². The number of amides is 1. The SMILES string of the molecule is CC[C@H]1CN(Cc2coc(C)n2)CCC(=O)N1Cc1ccccc1. The van der Waals surface area contributed by atoms with E-state index >= 15 is 0 Å². The topological polar surface area (TPSA) is 49.6 Å². The summed E-state index contributed by atoms with van der Waals surface area (Å²) in [5.41, 5.74) is 2.12. The first-order chi connectivity index (χ1) is 11.7. The third kappa shape index (κ3) is 4.03. The van der Waals surface area contributed by atoms with E-state index in [2.05, 4.69) is 28.9 Å².